The number of benzene rings is 3. The highest BCUT2D eigenvalue weighted by Gasteiger charge is 2.32. The van der Waals surface area contributed by atoms with Gasteiger partial charge in [-0.2, -0.15) is 0 Å². The molecule has 0 saturated carbocycles. The van der Waals surface area contributed by atoms with Crippen molar-refractivity contribution in [2.75, 3.05) is 0 Å². The topological polar surface area (TPSA) is 202 Å². The number of H-pyrrole nitrogens is 2. The van der Waals surface area contributed by atoms with Crippen LogP contribution in [-0.2, 0) is 38.4 Å². The summed E-state index contributed by atoms with van der Waals surface area (Å²) in [5.41, 5.74) is 10.2. The first kappa shape index (κ1) is 33.7. The van der Waals surface area contributed by atoms with E-state index in [-0.39, 0.29) is 25.0 Å². The van der Waals surface area contributed by atoms with E-state index in [0.29, 0.717) is 0 Å². The predicted molar refractivity (Wildman–Crippen MR) is 182 cm³/mol. The number of phenolic OH excluding ortho intramolecular Hbond substituents is 1. The Bertz CT molecular complexity index is 1910. The fourth-order valence-corrected chi connectivity index (χ4v) is 5.76. The molecule has 0 aliphatic rings. The van der Waals surface area contributed by atoms with Crippen LogP contribution < -0.4 is 21.7 Å². The Morgan fingerprint density at radius 3 is 1.67 bits per heavy atom. The summed E-state index contributed by atoms with van der Waals surface area (Å²) in [5, 5.41) is 29.3. The van der Waals surface area contributed by atoms with Crippen LogP contribution >= 0.6 is 0 Å². The second-order valence-corrected chi connectivity index (χ2v) is 12.3. The van der Waals surface area contributed by atoms with Crippen LogP contribution in [0.4, 0.5) is 0 Å². The summed E-state index contributed by atoms with van der Waals surface area (Å²) < 4.78 is 0. The largest absolute Gasteiger partial charge is 0.508 e. The molecule has 3 aromatic carbocycles. The van der Waals surface area contributed by atoms with Gasteiger partial charge in [0.15, 0.2) is 0 Å². The minimum absolute atomic E-state index is 0.0557. The summed E-state index contributed by atoms with van der Waals surface area (Å²) in [6.07, 6.45) is 3.81. The SMILES string of the molecule is CC(C)C(NC(=O)C(Cc1c[nH]c2ccccc12)NC(=O)C(Cc1c[nH]c2ccccc12)NC(=O)C(N)Cc1ccc(O)cc1)C(=O)O. The van der Waals surface area contributed by atoms with Crippen molar-refractivity contribution in [2.45, 2.75) is 57.3 Å². The lowest BCUT2D eigenvalue weighted by atomic mass is 9.99. The number of aromatic nitrogens is 2. The molecule has 48 heavy (non-hydrogen) atoms. The van der Waals surface area contributed by atoms with Crippen LogP contribution in [0.1, 0.15) is 30.5 Å². The Kier molecular flexibility index (Phi) is 10.4. The standard InChI is InChI=1S/C36H40N6O6/c1-20(2)32(36(47)48)42-35(46)31(17-23-19-39-29-10-6-4-8-26(23)29)41-34(45)30(16-22-18-38-28-9-5-3-7-25(22)28)40-33(44)27(37)15-21-11-13-24(43)14-12-21/h3-14,18-20,27,30-32,38-39,43H,15-17,37H2,1-2H3,(H,40,44)(H,41,45)(H,42,46)(H,47,48). The zero-order valence-electron chi connectivity index (χ0n) is 26.7. The quantitative estimate of drug-likeness (QED) is 0.0901. The molecule has 0 fully saturated rings. The number of phenols is 1. The highest BCUT2D eigenvalue weighted by Crippen LogP contribution is 2.21. The molecule has 0 spiro atoms. The molecule has 4 unspecified atom stereocenters. The Morgan fingerprint density at radius 2 is 1.17 bits per heavy atom. The number of hydrogen-bond donors (Lipinski definition) is 8. The van der Waals surface area contributed by atoms with Crippen LogP contribution in [0.3, 0.4) is 0 Å². The van der Waals surface area contributed by atoms with Crippen LogP contribution in [0.25, 0.3) is 21.8 Å². The van der Waals surface area contributed by atoms with Gasteiger partial charge in [-0.25, -0.2) is 4.79 Å². The summed E-state index contributed by atoms with van der Waals surface area (Å²) in [4.78, 5) is 59.5. The second-order valence-electron chi connectivity index (χ2n) is 12.3. The van der Waals surface area contributed by atoms with E-state index in [1.807, 2.05) is 48.5 Å². The number of aromatic amines is 2. The van der Waals surface area contributed by atoms with E-state index in [9.17, 15) is 29.4 Å². The highest BCUT2D eigenvalue weighted by molar-refractivity contribution is 5.95. The van der Waals surface area contributed by atoms with Gasteiger partial charge in [-0.1, -0.05) is 62.4 Å². The van der Waals surface area contributed by atoms with E-state index in [1.165, 1.54) is 12.1 Å². The molecule has 2 aromatic heterocycles. The molecule has 0 bridgehead atoms. The number of hydrogen-bond acceptors (Lipinski definition) is 6. The van der Waals surface area contributed by atoms with Crippen LogP contribution in [0.5, 0.6) is 5.75 Å². The van der Waals surface area contributed by atoms with Crippen molar-refractivity contribution < 1.29 is 29.4 Å². The molecule has 0 saturated heterocycles. The predicted octanol–water partition coefficient (Wildman–Crippen LogP) is 2.90. The molecule has 4 atom stereocenters. The summed E-state index contributed by atoms with van der Waals surface area (Å²) in [5.74, 6) is -3.41. The number of carbonyl (C=O) groups is 4. The average molecular weight is 653 g/mol. The van der Waals surface area contributed by atoms with Crippen LogP contribution in [0.15, 0.2) is 85.2 Å². The van der Waals surface area contributed by atoms with Gasteiger partial charge in [0, 0.05) is 47.0 Å². The molecule has 5 rings (SSSR count). The van der Waals surface area contributed by atoms with E-state index < -0.39 is 53.8 Å². The van der Waals surface area contributed by atoms with Gasteiger partial charge in [0.25, 0.3) is 0 Å². The number of rotatable bonds is 14. The first-order chi connectivity index (χ1) is 23.0. The monoisotopic (exact) mass is 652 g/mol. The number of nitrogens with one attached hydrogen (secondary N) is 5. The number of amides is 3. The van der Waals surface area contributed by atoms with Crippen LogP contribution in [0, 0.1) is 5.92 Å². The third-order valence-electron chi connectivity index (χ3n) is 8.42. The molecule has 12 heteroatoms. The molecule has 250 valence electrons. The lowest BCUT2D eigenvalue weighted by Crippen LogP contribution is -2.58. The number of carbonyl (C=O) groups excluding carboxylic acids is 3. The van der Waals surface area contributed by atoms with Gasteiger partial charge in [0.1, 0.15) is 23.9 Å². The van der Waals surface area contributed by atoms with Gasteiger partial charge in [-0.05, 0) is 53.3 Å². The van der Waals surface area contributed by atoms with Gasteiger partial charge >= 0.3 is 5.97 Å². The third-order valence-corrected chi connectivity index (χ3v) is 8.42. The second kappa shape index (κ2) is 14.9. The molecular weight excluding hydrogens is 612 g/mol. The summed E-state index contributed by atoms with van der Waals surface area (Å²) >= 11 is 0. The van der Waals surface area contributed by atoms with Crippen molar-refractivity contribution in [2.24, 2.45) is 11.7 Å². The molecule has 0 aliphatic heterocycles. The maximum absolute atomic E-state index is 14.1. The number of aromatic hydroxyl groups is 1. The maximum Gasteiger partial charge on any atom is 0.326 e. The number of nitrogens with two attached hydrogens (primary N) is 1. The van der Waals surface area contributed by atoms with Crippen LogP contribution in [-0.4, -0.2) is 68.0 Å². The number of para-hydroxylation sites is 2. The Hall–Kier alpha value is -5.62. The molecule has 2 heterocycles. The highest BCUT2D eigenvalue weighted by atomic mass is 16.4. The van der Waals surface area contributed by atoms with Crippen LogP contribution in [0.2, 0.25) is 0 Å². The normalized spacial score (nSPS) is 13.9. The summed E-state index contributed by atoms with van der Waals surface area (Å²) in [6.45, 7) is 3.36. The van der Waals surface area contributed by atoms with Crippen molar-refractivity contribution in [1.29, 1.82) is 0 Å². The number of carboxylic acids is 1. The molecule has 9 N–H and O–H groups in total. The summed E-state index contributed by atoms with van der Waals surface area (Å²) in [6, 6.07) is 16.9. The summed E-state index contributed by atoms with van der Waals surface area (Å²) in [7, 11) is 0. The Morgan fingerprint density at radius 1 is 0.688 bits per heavy atom. The first-order valence-electron chi connectivity index (χ1n) is 15.8. The van der Waals surface area contributed by atoms with Gasteiger partial charge in [0.2, 0.25) is 17.7 Å². The van der Waals surface area contributed by atoms with Gasteiger partial charge in [-0.15, -0.1) is 0 Å². The van der Waals surface area contributed by atoms with E-state index >= 15 is 0 Å². The molecule has 0 radical (unpaired) electrons. The van der Waals surface area contributed by atoms with Crippen molar-refractivity contribution in [3.05, 3.63) is 102 Å². The third kappa shape index (κ3) is 8.02. The lowest BCUT2D eigenvalue weighted by molar-refractivity contribution is -0.143. The van der Waals surface area contributed by atoms with Crippen molar-refractivity contribution in [3.63, 3.8) is 0 Å². The number of aliphatic carboxylic acids is 1. The molecule has 3 amide bonds. The number of fused-ring (bicyclic) bond motifs is 2. The molecular formula is C36H40N6O6. The Balaban J connectivity index is 1.42. The van der Waals surface area contributed by atoms with E-state index in [0.717, 1.165) is 38.5 Å². The van der Waals surface area contributed by atoms with Crippen molar-refractivity contribution >= 4 is 45.5 Å². The first-order valence-corrected chi connectivity index (χ1v) is 15.8. The maximum atomic E-state index is 14.1. The van der Waals surface area contributed by atoms with E-state index in [4.69, 9.17) is 5.73 Å². The van der Waals surface area contributed by atoms with E-state index in [2.05, 4.69) is 25.9 Å². The van der Waals surface area contributed by atoms with E-state index in [1.54, 1.807) is 38.4 Å². The molecule has 12 nitrogen and oxygen atoms in total. The smallest absolute Gasteiger partial charge is 0.326 e. The van der Waals surface area contributed by atoms with Gasteiger partial charge in [0.05, 0.1) is 6.04 Å². The Labute approximate surface area is 277 Å². The zero-order chi connectivity index (χ0) is 34.4. The van der Waals surface area contributed by atoms with Crippen molar-refractivity contribution in [3.8, 4) is 5.75 Å². The lowest BCUT2D eigenvalue weighted by Gasteiger charge is -2.26. The van der Waals surface area contributed by atoms with Gasteiger partial charge in [-0.3, -0.25) is 14.4 Å². The number of carboxylic acid groups (broad SMARTS) is 1. The minimum Gasteiger partial charge on any atom is -0.508 e. The fraction of sp³-hybridized carbons (Fsp3) is 0.278. The fourth-order valence-electron chi connectivity index (χ4n) is 5.76. The zero-order valence-corrected chi connectivity index (χ0v) is 26.7. The minimum atomic E-state index is -1.19. The average Bonchev–Trinajstić information content (AvgIpc) is 3.67. The van der Waals surface area contributed by atoms with Crippen molar-refractivity contribution in [1.82, 2.24) is 25.9 Å². The molecule has 0 aliphatic carbocycles. The molecule has 5 aromatic rings. The van der Waals surface area contributed by atoms with Gasteiger partial charge < -0.3 is 41.9 Å².